The summed E-state index contributed by atoms with van der Waals surface area (Å²) < 4.78 is 4.91. The normalized spacial score (nSPS) is 14.8. The molecule has 1 aromatic heterocycles. The minimum atomic E-state index is -1.10. The minimum absolute atomic E-state index is 0.0892. The third kappa shape index (κ3) is 4.62. The van der Waals surface area contributed by atoms with Crippen LogP contribution in [-0.2, 0) is 9.59 Å². The fraction of sp³-hybridized carbons (Fsp3) is 0.500. The van der Waals surface area contributed by atoms with Gasteiger partial charge in [-0.05, 0) is 25.0 Å². The van der Waals surface area contributed by atoms with Crippen LogP contribution in [0.3, 0.4) is 0 Å². The van der Waals surface area contributed by atoms with E-state index in [1.165, 1.54) is 19.3 Å². The fourth-order valence-corrected chi connectivity index (χ4v) is 1.70. The number of furan rings is 1. The highest BCUT2D eigenvalue weighted by molar-refractivity contribution is 5.96. The van der Waals surface area contributed by atoms with Crippen LogP contribution in [0, 0.1) is 5.92 Å². The predicted molar refractivity (Wildman–Crippen MR) is 74.7 cm³/mol. The van der Waals surface area contributed by atoms with E-state index in [0.29, 0.717) is 6.42 Å². The summed E-state index contributed by atoms with van der Waals surface area (Å²) in [4.78, 5) is 34.8. The van der Waals surface area contributed by atoms with Gasteiger partial charge in [0, 0.05) is 0 Å². The summed E-state index contributed by atoms with van der Waals surface area (Å²) in [6.45, 7) is 5.06. The Bertz CT molecular complexity index is 497. The van der Waals surface area contributed by atoms with Crippen molar-refractivity contribution in [3.8, 4) is 0 Å². The maximum absolute atomic E-state index is 12.0. The van der Waals surface area contributed by atoms with E-state index in [-0.39, 0.29) is 11.7 Å². The van der Waals surface area contributed by atoms with Crippen molar-refractivity contribution in [1.82, 2.24) is 10.6 Å². The molecule has 1 aromatic rings. The molecule has 0 fully saturated rings. The number of carboxylic acids is 1. The summed E-state index contributed by atoms with van der Waals surface area (Å²) in [7, 11) is 0. The number of rotatable bonds is 7. The molecule has 0 aliphatic rings. The smallest absolute Gasteiger partial charge is 0.326 e. The molecule has 3 unspecified atom stereocenters. The molecule has 0 aliphatic heterocycles. The molecule has 0 spiro atoms. The van der Waals surface area contributed by atoms with Gasteiger partial charge in [-0.2, -0.15) is 0 Å². The summed E-state index contributed by atoms with van der Waals surface area (Å²) in [6.07, 6.45) is 1.97. The van der Waals surface area contributed by atoms with E-state index in [1.54, 1.807) is 13.0 Å². The van der Waals surface area contributed by atoms with Crippen LogP contribution in [0.2, 0.25) is 0 Å². The maximum Gasteiger partial charge on any atom is 0.326 e. The first-order valence-corrected chi connectivity index (χ1v) is 6.74. The average molecular weight is 296 g/mol. The number of carbonyl (C=O) groups is 3. The lowest BCUT2D eigenvalue weighted by Gasteiger charge is -2.22. The van der Waals surface area contributed by atoms with Gasteiger partial charge < -0.3 is 20.2 Å². The molecule has 7 nitrogen and oxygen atoms in total. The topological polar surface area (TPSA) is 109 Å². The number of hydrogen-bond acceptors (Lipinski definition) is 4. The third-order valence-electron chi connectivity index (χ3n) is 3.26. The molecular formula is C14H20N2O5. The highest BCUT2D eigenvalue weighted by Crippen LogP contribution is 2.08. The summed E-state index contributed by atoms with van der Waals surface area (Å²) in [5.74, 6) is -2.30. The van der Waals surface area contributed by atoms with Crippen molar-refractivity contribution in [3.63, 3.8) is 0 Å². The van der Waals surface area contributed by atoms with E-state index in [4.69, 9.17) is 9.52 Å². The van der Waals surface area contributed by atoms with Gasteiger partial charge in [0.15, 0.2) is 5.76 Å². The first-order chi connectivity index (χ1) is 9.86. The predicted octanol–water partition coefficient (Wildman–Crippen LogP) is 1.01. The van der Waals surface area contributed by atoms with Gasteiger partial charge in [-0.3, -0.25) is 9.59 Å². The quantitative estimate of drug-likeness (QED) is 0.696. The Morgan fingerprint density at radius 2 is 1.95 bits per heavy atom. The highest BCUT2D eigenvalue weighted by atomic mass is 16.4. The molecule has 0 aromatic carbocycles. The average Bonchev–Trinajstić information content (AvgIpc) is 2.97. The van der Waals surface area contributed by atoms with Crippen LogP contribution in [0.1, 0.15) is 37.7 Å². The Morgan fingerprint density at radius 1 is 1.29 bits per heavy atom. The van der Waals surface area contributed by atoms with Gasteiger partial charge in [0.25, 0.3) is 5.91 Å². The lowest BCUT2D eigenvalue weighted by atomic mass is 9.99. The maximum atomic E-state index is 12.0. The fourth-order valence-electron chi connectivity index (χ4n) is 1.70. The molecule has 3 N–H and O–H groups in total. The van der Waals surface area contributed by atoms with Gasteiger partial charge in [0.2, 0.25) is 5.91 Å². The lowest BCUT2D eigenvalue weighted by Crippen LogP contribution is -2.52. The molecule has 0 radical (unpaired) electrons. The van der Waals surface area contributed by atoms with E-state index < -0.39 is 29.9 Å². The second kappa shape index (κ2) is 7.47. The SMILES string of the molecule is CCC(C)C(NC(=O)C(C)NC(=O)c1ccco1)C(=O)O. The summed E-state index contributed by atoms with van der Waals surface area (Å²) >= 11 is 0. The van der Waals surface area contributed by atoms with Crippen LogP contribution in [0.4, 0.5) is 0 Å². The zero-order valence-electron chi connectivity index (χ0n) is 12.3. The Kier molecular flexibility index (Phi) is 5.95. The number of carbonyl (C=O) groups excluding carboxylic acids is 2. The van der Waals surface area contributed by atoms with Crippen molar-refractivity contribution in [2.75, 3.05) is 0 Å². The van der Waals surface area contributed by atoms with Crippen LogP contribution in [0.25, 0.3) is 0 Å². The largest absolute Gasteiger partial charge is 0.480 e. The zero-order valence-corrected chi connectivity index (χ0v) is 12.3. The van der Waals surface area contributed by atoms with Crippen molar-refractivity contribution >= 4 is 17.8 Å². The third-order valence-corrected chi connectivity index (χ3v) is 3.26. The van der Waals surface area contributed by atoms with Crippen molar-refractivity contribution in [3.05, 3.63) is 24.2 Å². The Balaban J connectivity index is 2.61. The number of carboxylic acid groups (broad SMARTS) is 1. The standard InChI is InChI=1S/C14H20N2O5/c1-4-8(2)11(14(19)20)16-12(17)9(3)15-13(18)10-6-5-7-21-10/h5-9,11H,4H2,1-3H3,(H,15,18)(H,16,17)(H,19,20). The number of hydrogen-bond donors (Lipinski definition) is 3. The van der Waals surface area contributed by atoms with Crippen LogP contribution in [0.5, 0.6) is 0 Å². The molecule has 0 aliphatic carbocycles. The van der Waals surface area contributed by atoms with E-state index in [0.717, 1.165) is 0 Å². The zero-order chi connectivity index (χ0) is 16.0. The molecule has 116 valence electrons. The van der Waals surface area contributed by atoms with Crippen molar-refractivity contribution in [2.24, 2.45) is 5.92 Å². The molecule has 1 heterocycles. The second-order valence-electron chi connectivity index (χ2n) is 4.88. The monoisotopic (exact) mass is 296 g/mol. The first-order valence-electron chi connectivity index (χ1n) is 6.74. The van der Waals surface area contributed by atoms with Crippen LogP contribution in [-0.4, -0.2) is 35.0 Å². The number of nitrogens with one attached hydrogen (secondary N) is 2. The molecular weight excluding hydrogens is 276 g/mol. The summed E-state index contributed by atoms with van der Waals surface area (Å²) in [5.41, 5.74) is 0. The molecule has 0 bridgehead atoms. The lowest BCUT2D eigenvalue weighted by molar-refractivity contribution is -0.143. The van der Waals surface area contributed by atoms with Gasteiger partial charge in [-0.15, -0.1) is 0 Å². The van der Waals surface area contributed by atoms with Crippen molar-refractivity contribution in [2.45, 2.75) is 39.3 Å². The number of amides is 2. The van der Waals surface area contributed by atoms with Crippen molar-refractivity contribution < 1.29 is 23.9 Å². The second-order valence-corrected chi connectivity index (χ2v) is 4.88. The molecule has 0 saturated heterocycles. The van der Waals surface area contributed by atoms with Crippen LogP contribution >= 0.6 is 0 Å². The van der Waals surface area contributed by atoms with Crippen LogP contribution < -0.4 is 10.6 Å². The van der Waals surface area contributed by atoms with E-state index in [1.807, 2.05) is 6.92 Å². The molecule has 1 rings (SSSR count). The Hall–Kier alpha value is -2.31. The Labute approximate surface area is 122 Å². The molecule has 2 amide bonds. The van der Waals surface area contributed by atoms with Gasteiger partial charge >= 0.3 is 5.97 Å². The minimum Gasteiger partial charge on any atom is -0.480 e. The van der Waals surface area contributed by atoms with E-state index in [9.17, 15) is 14.4 Å². The Morgan fingerprint density at radius 3 is 2.43 bits per heavy atom. The summed E-state index contributed by atoms with van der Waals surface area (Å²) in [6, 6.07) is 1.18. The molecule has 3 atom stereocenters. The van der Waals surface area contributed by atoms with E-state index >= 15 is 0 Å². The van der Waals surface area contributed by atoms with Crippen molar-refractivity contribution in [1.29, 1.82) is 0 Å². The van der Waals surface area contributed by atoms with Gasteiger partial charge in [-0.25, -0.2) is 4.79 Å². The van der Waals surface area contributed by atoms with Gasteiger partial charge in [-0.1, -0.05) is 20.3 Å². The van der Waals surface area contributed by atoms with Crippen LogP contribution in [0.15, 0.2) is 22.8 Å². The molecule has 0 saturated carbocycles. The summed E-state index contributed by atoms with van der Waals surface area (Å²) in [5, 5.41) is 14.0. The highest BCUT2D eigenvalue weighted by Gasteiger charge is 2.28. The van der Waals surface area contributed by atoms with Gasteiger partial charge in [0.05, 0.1) is 6.26 Å². The molecule has 21 heavy (non-hydrogen) atoms. The first kappa shape index (κ1) is 16.7. The number of aliphatic carboxylic acids is 1. The molecule has 7 heteroatoms. The van der Waals surface area contributed by atoms with E-state index in [2.05, 4.69) is 10.6 Å². The van der Waals surface area contributed by atoms with Gasteiger partial charge in [0.1, 0.15) is 12.1 Å².